The van der Waals surface area contributed by atoms with Gasteiger partial charge in [0, 0.05) is 18.2 Å². The molecule has 1 aromatic carbocycles. The topological polar surface area (TPSA) is 304 Å². The van der Waals surface area contributed by atoms with Crippen molar-refractivity contribution in [1.29, 1.82) is 0 Å². The van der Waals surface area contributed by atoms with Crippen molar-refractivity contribution in [1.82, 2.24) is 0 Å². The zero-order valence-electron chi connectivity index (χ0n) is 23.6. The minimum absolute atomic E-state index is 0.356. The first-order chi connectivity index (χ1) is 20.1. The minimum atomic E-state index is -1.11. The number of nitrogens with zero attached hydrogens (tertiary/aromatic N) is 2. The first kappa shape index (κ1) is 47.5. The first-order valence-electron chi connectivity index (χ1n) is 11.3. The molecule has 0 aliphatic rings. The van der Waals surface area contributed by atoms with E-state index in [4.69, 9.17) is 35.7 Å². The summed E-state index contributed by atoms with van der Waals surface area (Å²) in [5, 5.41) is 56.8. The second kappa shape index (κ2) is 32.9. The van der Waals surface area contributed by atoms with E-state index in [9.17, 15) is 28.8 Å². The third-order valence-corrected chi connectivity index (χ3v) is 3.69. The number of ether oxygens (including phenoxy) is 1. The monoisotopic (exact) mass is 615 g/mol. The Labute approximate surface area is 246 Å². The van der Waals surface area contributed by atoms with Crippen LogP contribution in [0.25, 0.3) is 0 Å². The number of aliphatic carboxylic acids is 3. The number of carbonyl (C=O) groups excluding carboxylic acids is 3. The van der Waals surface area contributed by atoms with Crippen molar-refractivity contribution >= 4 is 47.5 Å². The number of aliphatic imine (C=N–C) groups is 2. The maximum Gasteiger partial charge on any atom is 0.404 e. The van der Waals surface area contributed by atoms with Gasteiger partial charge in [0.2, 0.25) is 12.2 Å². The van der Waals surface area contributed by atoms with Gasteiger partial charge in [-0.05, 0) is 31.5 Å². The fourth-order valence-corrected chi connectivity index (χ4v) is 1.33. The van der Waals surface area contributed by atoms with Crippen LogP contribution < -0.4 is 5.73 Å². The number of benzene rings is 1. The van der Waals surface area contributed by atoms with Crippen LogP contribution in [0.15, 0.2) is 66.1 Å². The largest absolute Gasteiger partial charge is 0.478 e. The molecule has 43 heavy (non-hydrogen) atoms. The molecular weight excluding hydrogens is 578 g/mol. The molecule has 0 spiro atoms. The van der Waals surface area contributed by atoms with Crippen LogP contribution in [0.2, 0.25) is 0 Å². The molecule has 9 N–H and O–H groups in total. The number of aryl methyl sites for hydroxylation is 1. The molecule has 0 bridgehead atoms. The molecule has 0 saturated heterocycles. The van der Waals surface area contributed by atoms with Gasteiger partial charge in [0.25, 0.3) is 0 Å². The molecule has 0 heterocycles. The summed E-state index contributed by atoms with van der Waals surface area (Å²) in [6.45, 7) is 11.1. The minimum Gasteiger partial charge on any atom is -0.478 e. The number of primary amides is 1. The first-order valence-corrected chi connectivity index (χ1v) is 11.3. The van der Waals surface area contributed by atoms with E-state index in [1.54, 1.807) is 26.0 Å². The number of isocyanates is 2. The van der Waals surface area contributed by atoms with Gasteiger partial charge >= 0.3 is 24.0 Å². The lowest BCUT2D eigenvalue weighted by Gasteiger charge is -2.23. The maximum atomic E-state index is 10.00. The fraction of sp³-hybridized carbons (Fsp3) is 0.308. The van der Waals surface area contributed by atoms with Gasteiger partial charge in [-0.1, -0.05) is 25.8 Å². The molecular formula is C26H37N3O14. The van der Waals surface area contributed by atoms with Crippen LogP contribution >= 0.6 is 0 Å². The van der Waals surface area contributed by atoms with Gasteiger partial charge in [-0.3, -0.25) is 0 Å². The number of nitrogens with two attached hydrogens (primary N) is 1. The van der Waals surface area contributed by atoms with Gasteiger partial charge in [0.05, 0.1) is 49.8 Å². The van der Waals surface area contributed by atoms with E-state index in [-0.39, 0.29) is 0 Å². The Hall–Kier alpha value is -5.28. The molecule has 0 unspecified atom stereocenters. The van der Waals surface area contributed by atoms with Crippen molar-refractivity contribution in [2.75, 3.05) is 33.0 Å². The van der Waals surface area contributed by atoms with Crippen LogP contribution in [-0.2, 0) is 28.7 Å². The third-order valence-electron chi connectivity index (χ3n) is 3.69. The van der Waals surface area contributed by atoms with Crippen molar-refractivity contribution in [3.05, 3.63) is 61.7 Å². The highest BCUT2D eigenvalue weighted by Crippen LogP contribution is 2.23. The van der Waals surface area contributed by atoms with E-state index in [0.717, 1.165) is 23.8 Å². The third kappa shape index (κ3) is 36.7. The van der Waals surface area contributed by atoms with Gasteiger partial charge in [0.1, 0.15) is 0 Å². The van der Waals surface area contributed by atoms with Crippen molar-refractivity contribution in [3.8, 4) is 0 Å². The lowest BCUT2D eigenvalue weighted by molar-refractivity contribution is -0.132. The van der Waals surface area contributed by atoms with E-state index in [2.05, 4.69) is 40.2 Å². The van der Waals surface area contributed by atoms with Gasteiger partial charge < -0.3 is 46.2 Å². The molecule has 0 fully saturated rings. The van der Waals surface area contributed by atoms with Crippen LogP contribution in [0, 0.1) is 12.3 Å². The molecule has 1 aromatic rings. The zero-order valence-corrected chi connectivity index (χ0v) is 23.6. The molecule has 1 amide bonds. The summed E-state index contributed by atoms with van der Waals surface area (Å²) in [6, 6.07) is 4.88. The average Bonchev–Trinajstić information content (AvgIpc) is 2.98. The fourth-order valence-electron chi connectivity index (χ4n) is 1.33. The number of carbonyl (C=O) groups is 4. The van der Waals surface area contributed by atoms with Crippen LogP contribution in [0.3, 0.4) is 0 Å². The van der Waals surface area contributed by atoms with Crippen LogP contribution in [0.1, 0.15) is 12.5 Å². The molecule has 0 aliphatic heterocycles. The highest BCUT2D eigenvalue weighted by atomic mass is 16.5. The quantitative estimate of drug-likeness (QED) is 0.102. The average molecular weight is 616 g/mol. The maximum absolute atomic E-state index is 10.00. The second-order valence-electron chi connectivity index (χ2n) is 6.89. The smallest absolute Gasteiger partial charge is 0.404 e. The van der Waals surface area contributed by atoms with Crippen molar-refractivity contribution in [3.63, 3.8) is 0 Å². The predicted molar refractivity (Wildman–Crippen MR) is 152 cm³/mol. The van der Waals surface area contributed by atoms with Crippen molar-refractivity contribution in [2.45, 2.75) is 13.8 Å². The lowest BCUT2D eigenvalue weighted by Crippen LogP contribution is -2.37. The summed E-state index contributed by atoms with van der Waals surface area (Å²) < 4.78 is 4.18. The number of rotatable bonds is 10. The van der Waals surface area contributed by atoms with Gasteiger partial charge in [-0.2, -0.15) is 9.98 Å². The Kier molecular flexibility index (Phi) is 36.4. The molecule has 0 aliphatic carbocycles. The summed E-state index contributed by atoms with van der Waals surface area (Å²) in [5.74, 6) is -2.94. The van der Waals surface area contributed by atoms with E-state index < -0.39 is 55.8 Å². The summed E-state index contributed by atoms with van der Waals surface area (Å²) >= 11 is 0. The number of carboxylic acids is 3. The Morgan fingerprint density at radius 3 is 1.37 bits per heavy atom. The van der Waals surface area contributed by atoms with E-state index in [1.807, 2.05) is 0 Å². The molecule has 0 saturated carbocycles. The number of carboxylic acid groups (broad SMARTS) is 3. The van der Waals surface area contributed by atoms with Crippen molar-refractivity contribution in [2.24, 2.45) is 21.1 Å². The highest BCUT2D eigenvalue weighted by Gasteiger charge is 2.26. The Balaban J connectivity index is -0.000000142. The number of amides is 1. The standard InChI is InChI=1S/C9H6N2O2.C5H12O4.C3H7NO2.3C3H4O2/c1-7-2-3-8(10-5-12)4-9(7)11-6-13;6-1-5(2-7,3-8)4-9;1-2-6-3(4)5;3*1-2-3(4)5/h2-4H,1H3;6-9H,1-4H2;2H2,1H3,(H2,4,5);3*2H,1H2,(H,4,5). The molecule has 17 nitrogen and oxygen atoms in total. The zero-order chi connectivity index (χ0) is 34.9. The molecule has 17 heteroatoms. The van der Waals surface area contributed by atoms with Crippen molar-refractivity contribution < 1.29 is 69.2 Å². The number of hydrogen-bond acceptors (Lipinski definition) is 13. The summed E-state index contributed by atoms with van der Waals surface area (Å²) in [6.07, 6.45) is 4.63. The number of aliphatic hydroxyl groups is 4. The highest BCUT2D eigenvalue weighted by molar-refractivity contribution is 5.79. The van der Waals surface area contributed by atoms with Gasteiger partial charge in [-0.25, -0.2) is 28.8 Å². The predicted octanol–water partition coefficient (Wildman–Crippen LogP) is 0.744. The molecule has 0 aromatic heterocycles. The molecule has 240 valence electrons. The Morgan fingerprint density at radius 1 is 0.837 bits per heavy atom. The second-order valence-corrected chi connectivity index (χ2v) is 6.89. The molecule has 0 radical (unpaired) electrons. The van der Waals surface area contributed by atoms with E-state index in [1.165, 1.54) is 18.2 Å². The number of aliphatic hydroxyl groups excluding tert-OH is 4. The lowest BCUT2D eigenvalue weighted by atomic mass is 9.93. The summed E-state index contributed by atoms with van der Waals surface area (Å²) in [5.41, 5.74) is 5.15. The van der Waals surface area contributed by atoms with Crippen LogP contribution in [0.4, 0.5) is 16.2 Å². The normalized spacial score (nSPS) is 8.33. The van der Waals surface area contributed by atoms with Crippen LogP contribution in [-0.4, -0.2) is 105 Å². The number of hydrogen-bond donors (Lipinski definition) is 8. The van der Waals surface area contributed by atoms with Gasteiger partial charge in [0.15, 0.2) is 0 Å². The Bertz CT molecular complexity index is 1030. The van der Waals surface area contributed by atoms with Crippen LogP contribution in [0.5, 0.6) is 0 Å². The molecule has 0 atom stereocenters. The SMILES string of the molecule is C=CC(=O)O.C=CC(=O)O.C=CC(=O)O.CCOC(N)=O.Cc1ccc(N=C=O)cc1N=C=O.OCC(CO)(CO)CO. The van der Waals surface area contributed by atoms with E-state index in [0.29, 0.717) is 18.0 Å². The summed E-state index contributed by atoms with van der Waals surface area (Å²) in [4.78, 5) is 64.1. The Morgan fingerprint density at radius 2 is 1.19 bits per heavy atom. The summed E-state index contributed by atoms with van der Waals surface area (Å²) in [7, 11) is 0. The van der Waals surface area contributed by atoms with E-state index >= 15 is 0 Å². The van der Waals surface area contributed by atoms with Gasteiger partial charge in [-0.15, -0.1) is 0 Å². The molecule has 1 rings (SSSR count).